The van der Waals surface area contributed by atoms with Gasteiger partial charge >= 0.3 is 5.97 Å². The van der Waals surface area contributed by atoms with Crippen LogP contribution < -0.4 is 10.1 Å². The van der Waals surface area contributed by atoms with Gasteiger partial charge in [-0.15, -0.1) is 0 Å². The maximum absolute atomic E-state index is 12.4. The second-order valence-corrected chi connectivity index (χ2v) is 7.30. The molecule has 156 valence electrons. The molecule has 0 aliphatic carbocycles. The number of nitrogens with zero attached hydrogens (tertiary/aromatic N) is 1. The Morgan fingerprint density at radius 1 is 1.10 bits per heavy atom. The Kier molecular flexibility index (Phi) is 6.64. The molecule has 0 aliphatic rings. The molecule has 0 saturated carbocycles. The number of benzene rings is 2. The van der Waals surface area contributed by atoms with Crippen molar-refractivity contribution in [2.24, 2.45) is 0 Å². The standard InChI is InChI=1S/C21H18Cl2N2O5/c1-11-7-12(2)9-13(8-11)29-10-16(26)24-20-18(21(27)28-3)19(25-30-20)17-14(22)5-4-6-15(17)23/h4-9H,10H2,1-3H3,(H,24,26). The topological polar surface area (TPSA) is 90.7 Å². The van der Waals surface area contributed by atoms with Gasteiger partial charge in [-0.05, 0) is 49.2 Å². The van der Waals surface area contributed by atoms with Crippen molar-refractivity contribution in [2.75, 3.05) is 19.0 Å². The van der Waals surface area contributed by atoms with Gasteiger partial charge in [0, 0.05) is 5.56 Å². The van der Waals surface area contributed by atoms with Crippen LogP contribution >= 0.6 is 23.2 Å². The number of aryl methyl sites for hydroxylation is 2. The fraction of sp³-hybridized carbons (Fsp3) is 0.190. The van der Waals surface area contributed by atoms with Gasteiger partial charge in [0.05, 0.1) is 17.2 Å². The van der Waals surface area contributed by atoms with Crippen molar-refractivity contribution in [1.29, 1.82) is 0 Å². The zero-order valence-electron chi connectivity index (χ0n) is 16.4. The second kappa shape index (κ2) is 9.19. The number of methoxy groups -OCH3 is 1. The summed E-state index contributed by atoms with van der Waals surface area (Å²) in [4.78, 5) is 24.7. The Bertz CT molecular complexity index is 1070. The molecule has 3 rings (SSSR count). The molecule has 0 aliphatic heterocycles. The molecule has 9 heteroatoms. The first-order chi connectivity index (χ1) is 14.3. The molecule has 1 amide bonds. The molecular formula is C21H18Cl2N2O5. The van der Waals surface area contributed by atoms with Gasteiger partial charge in [-0.2, -0.15) is 0 Å². The maximum atomic E-state index is 12.4. The molecule has 1 heterocycles. The van der Waals surface area contributed by atoms with Crippen LogP contribution in [-0.2, 0) is 9.53 Å². The van der Waals surface area contributed by atoms with Gasteiger partial charge in [0.2, 0.25) is 5.88 Å². The number of anilines is 1. The third kappa shape index (κ3) is 4.75. The van der Waals surface area contributed by atoms with E-state index < -0.39 is 11.9 Å². The van der Waals surface area contributed by atoms with Gasteiger partial charge in [0.25, 0.3) is 5.91 Å². The van der Waals surface area contributed by atoms with Crippen LogP contribution in [0.2, 0.25) is 10.0 Å². The molecule has 0 fully saturated rings. The van der Waals surface area contributed by atoms with Crippen molar-refractivity contribution in [3.8, 4) is 17.0 Å². The molecule has 1 N–H and O–H groups in total. The molecule has 0 unspecified atom stereocenters. The number of carbonyl (C=O) groups is 2. The largest absolute Gasteiger partial charge is 0.484 e. The van der Waals surface area contributed by atoms with Gasteiger partial charge in [-0.3, -0.25) is 10.1 Å². The van der Waals surface area contributed by atoms with Crippen LogP contribution in [-0.4, -0.2) is 30.7 Å². The van der Waals surface area contributed by atoms with Gasteiger partial charge in [-0.25, -0.2) is 4.79 Å². The number of amides is 1. The summed E-state index contributed by atoms with van der Waals surface area (Å²) in [5.74, 6) is -0.959. The Balaban J connectivity index is 1.84. The monoisotopic (exact) mass is 448 g/mol. The smallest absolute Gasteiger partial charge is 0.345 e. The normalized spacial score (nSPS) is 10.6. The van der Waals surface area contributed by atoms with Gasteiger partial charge in [0.1, 0.15) is 11.4 Å². The number of carbonyl (C=O) groups excluding carboxylic acids is 2. The van der Waals surface area contributed by atoms with E-state index in [-0.39, 0.29) is 39.4 Å². The van der Waals surface area contributed by atoms with Crippen molar-refractivity contribution in [1.82, 2.24) is 5.16 Å². The van der Waals surface area contributed by atoms with Crippen LogP contribution in [0.15, 0.2) is 40.9 Å². The van der Waals surface area contributed by atoms with Crippen molar-refractivity contribution in [2.45, 2.75) is 13.8 Å². The molecule has 0 spiro atoms. The van der Waals surface area contributed by atoms with Crippen molar-refractivity contribution in [3.63, 3.8) is 0 Å². The van der Waals surface area contributed by atoms with E-state index >= 15 is 0 Å². The van der Waals surface area contributed by atoms with Crippen LogP contribution in [0.25, 0.3) is 11.3 Å². The minimum Gasteiger partial charge on any atom is -0.484 e. The molecular weight excluding hydrogens is 431 g/mol. The first kappa shape index (κ1) is 21.7. The lowest BCUT2D eigenvalue weighted by atomic mass is 10.1. The van der Waals surface area contributed by atoms with Crippen LogP contribution in [0.5, 0.6) is 5.75 Å². The fourth-order valence-electron chi connectivity index (χ4n) is 2.89. The molecule has 0 saturated heterocycles. The SMILES string of the molecule is COC(=O)c1c(-c2c(Cl)cccc2Cl)noc1NC(=O)COc1cc(C)cc(C)c1. The fourth-order valence-corrected chi connectivity index (χ4v) is 3.47. The predicted molar refractivity (Wildman–Crippen MR) is 113 cm³/mol. The minimum atomic E-state index is -0.771. The Hall–Kier alpha value is -3.03. The summed E-state index contributed by atoms with van der Waals surface area (Å²) >= 11 is 12.4. The minimum absolute atomic E-state index is 0.0583. The van der Waals surface area contributed by atoms with E-state index in [1.54, 1.807) is 18.2 Å². The Morgan fingerprint density at radius 3 is 2.33 bits per heavy atom. The van der Waals surface area contributed by atoms with E-state index in [0.29, 0.717) is 5.75 Å². The molecule has 0 bridgehead atoms. The zero-order chi connectivity index (χ0) is 21.8. The van der Waals surface area contributed by atoms with Crippen LogP contribution in [0.3, 0.4) is 0 Å². The first-order valence-corrected chi connectivity index (χ1v) is 9.59. The lowest BCUT2D eigenvalue weighted by Gasteiger charge is -2.09. The highest BCUT2D eigenvalue weighted by Crippen LogP contribution is 2.38. The molecule has 7 nitrogen and oxygen atoms in total. The molecule has 2 aromatic carbocycles. The summed E-state index contributed by atoms with van der Waals surface area (Å²) < 4.78 is 15.5. The Morgan fingerprint density at radius 2 is 1.73 bits per heavy atom. The highest BCUT2D eigenvalue weighted by molar-refractivity contribution is 6.39. The molecule has 30 heavy (non-hydrogen) atoms. The highest BCUT2D eigenvalue weighted by atomic mass is 35.5. The summed E-state index contributed by atoms with van der Waals surface area (Å²) in [6, 6.07) is 10.5. The highest BCUT2D eigenvalue weighted by Gasteiger charge is 2.28. The lowest BCUT2D eigenvalue weighted by Crippen LogP contribution is -2.21. The quantitative estimate of drug-likeness (QED) is 0.529. The number of esters is 1. The number of ether oxygens (including phenoxy) is 2. The number of hydrogen-bond acceptors (Lipinski definition) is 6. The van der Waals surface area contributed by atoms with Crippen LogP contribution in [0.4, 0.5) is 5.88 Å². The van der Waals surface area contributed by atoms with Crippen LogP contribution in [0.1, 0.15) is 21.5 Å². The molecule has 0 radical (unpaired) electrons. The average Bonchev–Trinajstić information content (AvgIpc) is 3.08. The number of rotatable bonds is 6. The van der Waals surface area contributed by atoms with E-state index in [2.05, 4.69) is 10.5 Å². The predicted octanol–water partition coefficient (Wildman–Crippen LogP) is 5.07. The third-order valence-electron chi connectivity index (χ3n) is 4.10. The third-order valence-corrected chi connectivity index (χ3v) is 4.73. The summed E-state index contributed by atoms with van der Waals surface area (Å²) in [5.41, 5.74) is 2.26. The lowest BCUT2D eigenvalue weighted by molar-refractivity contribution is -0.118. The van der Waals surface area contributed by atoms with E-state index in [0.717, 1.165) is 11.1 Å². The zero-order valence-corrected chi connectivity index (χ0v) is 17.9. The second-order valence-electron chi connectivity index (χ2n) is 6.48. The Labute approximate surface area is 182 Å². The van der Waals surface area contributed by atoms with Crippen molar-refractivity contribution in [3.05, 3.63) is 63.1 Å². The van der Waals surface area contributed by atoms with E-state index in [1.165, 1.54) is 7.11 Å². The summed E-state index contributed by atoms with van der Waals surface area (Å²) in [7, 11) is 1.20. The number of halogens is 2. The number of aromatic nitrogens is 1. The number of hydrogen-bond donors (Lipinski definition) is 1. The summed E-state index contributed by atoms with van der Waals surface area (Å²) in [5, 5.41) is 6.87. The summed E-state index contributed by atoms with van der Waals surface area (Å²) in [6.07, 6.45) is 0. The summed E-state index contributed by atoms with van der Waals surface area (Å²) in [6.45, 7) is 3.56. The van der Waals surface area contributed by atoms with Crippen LogP contribution in [0, 0.1) is 13.8 Å². The molecule has 0 atom stereocenters. The molecule has 3 aromatic rings. The van der Waals surface area contributed by atoms with E-state index in [1.807, 2.05) is 32.0 Å². The maximum Gasteiger partial charge on any atom is 0.345 e. The number of nitrogens with one attached hydrogen (secondary N) is 1. The van der Waals surface area contributed by atoms with E-state index in [4.69, 9.17) is 37.2 Å². The van der Waals surface area contributed by atoms with Gasteiger partial charge < -0.3 is 14.0 Å². The van der Waals surface area contributed by atoms with Gasteiger partial charge in [-0.1, -0.05) is 40.5 Å². The first-order valence-electron chi connectivity index (χ1n) is 8.83. The van der Waals surface area contributed by atoms with Crippen molar-refractivity contribution < 1.29 is 23.6 Å². The van der Waals surface area contributed by atoms with E-state index in [9.17, 15) is 9.59 Å². The average molecular weight is 449 g/mol. The molecule has 1 aromatic heterocycles. The van der Waals surface area contributed by atoms with Gasteiger partial charge in [0.15, 0.2) is 12.2 Å². The van der Waals surface area contributed by atoms with Crippen molar-refractivity contribution >= 4 is 41.0 Å².